The van der Waals surface area contributed by atoms with Crippen molar-refractivity contribution in [2.45, 2.75) is 23.8 Å². The van der Waals surface area contributed by atoms with Crippen LogP contribution in [0.15, 0.2) is 23.1 Å². The first kappa shape index (κ1) is 15.1. The van der Waals surface area contributed by atoms with Gasteiger partial charge < -0.3 is 15.7 Å². The zero-order chi connectivity index (χ0) is 15.1. The van der Waals surface area contributed by atoms with E-state index in [1.807, 2.05) is 4.90 Å². The number of hydrogen-bond donors (Lipinski definition) is 2. The molecule has 112 valence electrons. The standard InChI is InChI=1S/C13H21N3O3S/c1-13(17)6-7-16(9-13)12-8-10(4-5-11(12)14)20(18,19)15(2)3/h4-5,8,17H,6-7,9,14H2,1-3H3. The molecule has 0 amide bonds. The molecular formula is C13H21N3O3S. The summed E-state index contributed by atoms with van der Waals surface area (Å²) in [5, 5.41) is 10.0. The van der Waals surface area contributed by atoms with E-state index in [2.05, 4.69) is 0 Å². The molecule has 1 saturated heterocycles. The van der Waals surface area contributed by atoms with Crippen LogP contribution in [-0.2, 0) is 10.0 Å². The van der Waals surface area contributed by atoms with Crippen LogP contribution in [0.25, 0.3) is 0 Å². The number of anilines is 2. The first-order chi connectivity index (χ1) is 9.13. The van der Waals surface area contributed by atoms with Crippen molar-refractivity contribution >= 4 is 21.4 Å². The Morgan fingerprint density at radius 1 is 1.40 bits per heavy atom. The maximum atomic E-state index is 12.2. The van der Waals surface area contributed by atoms with Gasteiger partial charge in [-0.1, -0.05) is 0 Å². The minimum atomic E-state index is -3.49. The number of rotatable bonds is 3. The smallest absolute Gasteiger partial charge is 0.242 e. The number of nitrogen functional groups attached to an aromatic ring is 1. The van der Waals surface area contributed by atoms with Gasteiger partial charge in [-0.05, 0) is 31.5 Å². The Bertz CT molecular complexity index is 611. The topological polar surface area (TPSA) is 86.9 Å². The minimum Gasteiger partial charge on any atom is -0.397 e. The molecular weight excluding hydrogens is 278 g/mol. The van der Waals surface area contributed by atoms with Crippen molar-refractivity contribution in [1.82, 2.24) is 4.31 Å². The quantitative estimate of drug-likeness (QED) is 0.793. The SMILES string of the molecule is CN(C)S(=O)(=O)c1ccc(N)c(N2CCC(C)(O)C2)c1. The lowest BCUT2D eigenvalue weighted by Gasteiger charge is -2.23. The molecule has 1 heterocycles. The Kier molecular flexibility index (Phi) is 3.70. The second-order valence-electron chi connectivity index (χ2n) is 5.68. The van der Waals surface area contributed by atoms with Gasteiger partial charge in [0, 0.05) is 27.2 Å². The van der Waals surface area contributed by atoms with E-state index >= 15 is 0 Å². The van der Waals surface area contributed by atoms with Gasteiger partial charge in [0.1, 0.15) is 0 Å². The lowest BCUT2D eigenvalue weighted by Crippen LogP contribution is -2.30. The molecule has 1 aromatic rings. The van der Waals surface area contributed by atoms with Gasteiger partial charge in [0.25, 0.3) is 0 Å². The van der Waals surface area contributed by atoms with Gasteiger partial charge in [0.05, 0.1) is 21.9 Å². The number of hydrogen-bond acceptors (Lipinski definition) is 5. The average Bonchev–Trinajstić information content (AvgIpc) is 2.69. The first-order valence-corrected chi connectivity index (χ1v) is 7.87. The number of benzene rings is 1. The van der Waals surface area contributed by atoms with Crippen molar-refractivity contribution in [3.8, 4) is 0 Å². The fourth-order valence-electron chi connectivity index (χ4n) is 2.32. The third-order valence-corrected chi connectivity index (χ3v) is 5.38. The summed E-state index contributed by atoms with van der Waals surface area (Å²) in [5.74, 6) is 0. The maximum absolute atomic E-state index is 12.2. The molecule has 0 spiro atoms. The summed E-state index contributed by atoms with van der Waals surface area (Å²) in [6.07, 6.45) is 0.636. The van der Waals surface area contributed by atoms with Gasteiger partial charge in [0.2, 0.25) is 10.0 Å². The third-order valence-electron chi connectivity index (χ3n) is 3.57. The fourth-order valence-corrected chi connectivity index (χ4v) is 3.24. The van der Waals surface area contributed by atoms with E-state index in [0.717, 1.165) is 0 Å². The van der Waals surface area contributed by atoms with Gasteiger partial charge >= 0.3 is 0 Å². The van der Waals surface area contributed by atoms with Gasteiger partial charge in [-0.3, -0.25) is 0 Å². The first-order valence-electron chi connectivity index (χ1n) is 6.43. The Labute approximate surface area is 119 Å². The van der Waals surface area contributed by atoms with E-state index in [1.165, 1.54) is 24.5 Å². The zero-order valence-corrected chi connectivity index (χ0v) is 12.8. The average molecular weight is 299 g/mol. The van der Waals surface area contributed by atoms with Crippen molar-refractivity contribution < 1.29 is 13.5 Å². The molecule has 1 fully saturated rings. The molecule has 0 radical (unpaired) electrons. The molecule has 0 bridgehead atoms. The molecule has 0 aromatic heterocycles. The molecule has 0 aliphatic carbocycles. The van der Waals surface area contributed by atoms with Crippen molar-refractivity contribution in [1.29, 1.82) is 0 Å². The second kappa shape index (κ2) is 4.91. The molecule has 1 aliphatic heterocycles. The van der Waals surface area contributed by atoms with Crippen LogP contribution in [0.5, 0.6) is 0 Å². The van der Waals surface area contributed by atoms with E-state index in [0.29, 0.717) is 30.9 Å². The van der Waals surface area contributed by atoms with E-state index < -0.39 is 15.6 Å². The van der Waals surface area contributed by atoms with Gasteiger partial charge in [-0.25, -0.2) is 12.7 Å². The highest BCUT2D eigenvalue weighted by molar-refractivity contribution is 7.89. The van der Waals surface area contributed by atoms with Crippen LogP contribution in [0.2, 0.25) is 0 Å². The number of aliphatic hydroxyl groups is 1. The van der Waals surface area contributed by atoms with Crippen LogP contribution >= 0.6 is 0 Å². The van der Waals surface area contributed by atoms with E-state index in [-0.39, 0.29) is 4.90 Å². The summed E-state index contributed by atoms with van der Waals surface area (Å²) in [6, 6.07) is 4.67. The highest BCUT2D eigenvalue weighted by Gasteiger charge is 2.32. The molecule has 1 aromatic carbocycles. The fraction of sp³-hybridized carbons (Fsp3) is 0.538. The summed E-state index contributed by atoms with van der Waals surface area (Å²) in [7, 11) is -0.502. The van der Waals surface area contributed by atoms with Crippen LogP contribution < -0.4 is 10.6 Å². The van der Waals surface area contributed by atoms with E-state index in [1.54, 1.807) is 19.1 Å². The number of β-amino-alcohol motifs (C(OH)–C–C–N with tert-alkyl or cyclic N) is 1. The van der Waals surface area contributed by atoms with Gasteiger partial charge in [-0.2, -0.15) is 0 Å². The van der Waals surface area contributed by atoms with Crippen molar-refractivity contribution in [2.75, 3.05) is 37.8 Å². The summed E-state index contributed by atoms with van der Waals surface area (Å²) >= 11 is 0. The molecule has 7 heteroatoms. The number of nitrogens with zero attached hydrogens (tertiary/aromatic N) is 2. The van der Waals surface area contributed by atoms with Crippen molar-refractivity contribution in [2.24, 2.45) is 0 Å². The molecule has 2 rings (SSSR count). The second-order valence-corrected chi connectivity index (χ2v) is 7.83. The molecule has 1 aliphatic rings. The highest BCUT2D eigenvalue weighted by Crippen LogP contribution is 2.32. The lowest BCUT2D eigenvalue weighted by molar-refractivity contribution is 0.0839. The summed E-state index contributed by atoms with van der Waals surface area (Å²) in [4.78, 5) is 2.13. The Morgan fingerprint density at radius 3 is 2.55 bits per heavy atom. The zero-order valence-electron chi connectivity index (χ0n) is 12.0. The molecule has 1 atom stereocenters. The molecule has 3 N–H and O–H groups in total. The van der Waals surface area contributed by atoms with Gasteiger partial charge in [-0.15, -0.1) is 0 Å². The molecule has 0 saturated carbocycles. The van der Waals surface area contributed by atoms with Crippen LogP contribution in [0, 0.1) is 0 Å². The third kappa shape index (κ3) is 2.74. The molecule has 6 nitrogen and oxygen atoms in total. The van der Waals surface area contributed by atoms with Gasteiger partial charge in [0.15, 0.2) is 0 Å². The molecule has 20 heavy (non-hydrogen) atoms. The van der Waals surface area contributed by atoms with Crippen LogP contribution in [0.4, 0.5) is 11.4 Å². The normalized spacial score (nSPS) is 23.6. The number of nitrogens with two attached hydrogens (primary N) is 1. The Balaban J connectivity index is 2.41. The van der Waals surface area contributed by atoms with Crippen LogP contribution in [0.3, 0.4) is 0 Å². The predicted molar refractivity (Wildman–Crippen MR) is 79.2 cm³/mol. The minimum absolute atomic E-state index is 0.207. The van der Waals surface area contributed by atoms with Crippen LogP contribution in [0.1, 0.15) is 13.3 Å². The summed E-state index contributed by atoms with van der Waals surface area (Å²) in [5.41, 5.74) is 6.36. The van der Waals surface area contributed by atoms with Crippen molar-refractivity contribution in [3.63, 3.8) is 0 Å². The largest absolute Gasteiger partial charge is 0.397 e. The highest BCUT2D eigenvalue weighted by atomic mass is 32.2. The number of sulfonamides is 1. The maximum Gasteiger partial charge on any atom is 0.242 e. The predicted octanol–water partition coefficient (Wildman–Crippen LogP) is 0.480. The van der Waals surface area contributed by atoms with Crippen LogP contribution in [-0.4, -0.2) is 50.6 Å². The van der Waals surface area contributed by atoms with Crippen molar-refractivity contribution in [3.05, 3.63) is 18.2 Å². The van der Waals surface area contributed by atoms with E-state index in [9.17, 15) is 13.5 Å². The molecule has 1 unspecified atom stereocenters. The summed E-state index contributed by atoms with van der Waals surface area (Å²) < 4.78 is 25.5. The van der Waals surface area contributed by atoms with E-state index in [4.69, 9.17) is 5.73 Å². The Morgan fingerprint density at radius 2 is 2.05 bits per heavy atom. The Hall–Kier alpha value is -1.31. The monoisotopic (exact) mass is 299 g/mol. The lowest BCUT2D eigenvalue weighted by atomic mass is 10.1. The summed E-state index contributed by atoms with van der Waals surface area (Å²) in [6.45, 7) is 2.87.